The molecule has 1 saturated carbocycles. The normalized spacial score (nSPS) is 21.0. The average Bonchev–Trinajstić information content (AvgIpc) is 3.39. The van der Waals surface area contributed by atoms with E-state index in [0.29, 0.717) is 48.6 Å². The molecule has 11 nitrogen and oxygen atoms in total. The van der Waals surface area contributed by atoms with Crippen LogP contribution in [0.1, 0.15) is 49.7 Å². The number of nitrogens with zero attached hydrogens (tertiary/aromatic N) is 6. The first-order valence-corrected chi connectivity index (χ1v) is 15.0. The molecule has 0 bridgehead atoms. The van der Waals surface area contributed by atoms with Crippen LogP contribution < -0.4 is 10.5 Å². The van der Waals surface area contributed by atoms with Gasteiger partial charge in [0, 0.05) is 67.3 Å². The van der Waals surface area contributed by atoms with E-state index >= 15 is 0 Å². The Labute approximate surface area is 234 Å². The number of carbonyl (C=O) groups excluding carboxylic acids is 1. The van der Waals surface area contributed by atoms with Crippen LogP contribution in [-0.4, -0.2) is 78.7 Å². The number of sulfonamides is 1. The molecule has 2 N–H and O–H groups in total. The number of likely N-dealkylation sites (tertiary alicyclic amines) is 1. The maximum absolute atomic E-state index is 13.2. The minimum atomic E-state index is -3.37. The zero-order valence-corrected chi connectivity index (χ0v) is 23.5. The summed E-state index contributed by atoms with van der Waals surface area (Å²) in [5.74, 6) is 0.771. The first-order valence-electron chi connectivity index (χ1n) is 13.5. The van der Waals surface area contributed by atoms with E-state index in [0.717, 1.165) is 49.5 Å². The number of carbonyl (C=O) groups is 1. The number of nitriles is 1. The maximum Gasteiger partial charge on any atom is 0.235 e. The Morgan fingerprint density at radius 2 is 1.98 bits per heavy atom. The Hall–Kier alpha value is -3.69. The molecule has 2 aromatic heterocycles. The largest absolute Gasteiger partial charge is 0.494 e. The Kier molecular flexibility index (Phi) is 7.70. The molecule has 0 radical (unpaired) electrons. The van der Waals surface area contributed by atoms with Crippen LogP contribution in [0.15, 0.2) is 41.6 Å². The number of ether oxygens (including phenoxy) is 1. The van der Waals surface area contributed by atoms with Crippen molar-refractivity contribution < 1.29 is 17.9 Å². The second-order valence-corrected chi connectivity index (χ2v) is 12.8. The van der Waals surface area contributed by atoms with Gasteiger partial charge in [0.15, 0.2) is 0 Å². The monoisotopic (exact) mass is 565 g/mol. The molecule has 0 unspecified atom stereocenters. The van der Waals surface area contributed by atoms with Crippen LogP contribution in [0.2, 0.25) is 0 Å². The average molecular weight is 566 g/mol. The molecule has 1 aliphatic carbocycles. The van der Waals surface area contributed by atoms with E-state index in [1.165, 1.54) is 16.7 Å². The molecule has 2 aliphatic heterocycles. The number of aromatic nitrogens is 2. The van der Waals surface area contributed by atoms with Crippen LogP contribution in [0.25, 0.3) is 11.1 Å². The van der Waals surface area contributed by atoms with Crippen molar-refractivity contribution in [2.75, 3.05) is 33.3 Å². The fourth-order valence-corrected chi connectivity index (χ4v) is 7.16. The lowest BCUT2D eigenvalue weighted by atomic mass is 9.57. The molecule has 3 fully saturated rings. The van der Waals surface area contributed by atoms with Gasteiger partial charge in [0.25, 0.3) is 0 Å². The van der Waals surface area contributed by atoms with E-state index in [1.54, 1.807) is 24.0 Å². The summed E-state index contributed by atoms with van der Waals surface area (Å²) in [6, 6.07) is 4.03. The van der Waals surface area contributed by atoms with Crippen LogP contribution >= 0.6 is 0 Å². The van der Waals surface area contributed by atoms with Crippen LogP contribution in [-0.2, 0) is 14.8 Å². The van der Waals surface area contributed by atoms with Gasteiger partial charge in [0.2, 0.25) is 15.9 Å². The summed E-state index contributed by atoms with van der Waals surface area (Å²) < 4.78 is 32.7. The predicted octanol–water partition coefficient (Wildman–Crippen LogP) is 2.54. The number of aliphatic imine (C=N–C) groups is 1. The van der Waals surface area contributed by atoms with Crippen LogP contribution in [0.5, 0.6) is 5.75 Å². The standard InChI is InChI=1S/C28H35N7O4S/c1-3-40(37,38)34-10-6-28(7-11-34)13-21(14-28)27(36)33-8-4-24(5-9-33)31-17-22(15-29)20-12-25(39-2)26-23(16-30)18-32-35(26)19-20/h3,12,15,17-19,21,24H,1,4-11,13-14,29H2,2H3/b22-15+,31-17?. The van der Waals surface area contributed by atoms with Crippen molar-refractivity contribution in [3.8, 4) is 11.8 Å². The minimum Gasteiger partial charge on any atom is -0.494 e. The lowest BCUT2D eigenvalue weighted by Crippen LogP contribution is -2.53. The van der Waals surface area contributed by atoms with Crippen molar-refractivity contribution in [3.05, 3.63) is 47.8 Å². The summed E-state index contributed by atoms with van der Waals surface area (Å²) in [7, 11) is -1.82. The molecule has 2 aromatic rings. The van der Waals surface area contributed by atoms with Crippen molar-refractivity contribution in [3.63, 3.8) is 0 Å². The van der Waals surface area contributed by atoms with Gasteiger partial charge in [-0.05, 0) is 50.0 Å². The third-order valence-corrected chi connectivity index (χ3v) is 10.2. The number of allylic oxidation sites excluding steroid dienone is 1. The first kappa shape index (κ1) is 27.9. The number of nitrogens with two attached hydrogens (primary N) is 1. The van der Waals surface area contributed by atoms with E-state index in [1.807, 2.05) is 11.0 Å². The third-order valence-electron chi connectivity index (χ3n) is 8.69. The van der Waals surface area contributed by atoms with Gasteiger partial charge in [0.1, 0.15) is 22.9 Å². The predicted molar refractivity (Wildman–Crippen MR) is 152 cm³/mol. The topological polar surface area (TPSA) is 146 Å². The van der Waals surface area contributed by atoms with E-state index in [9.17, 15) is 18.5 Å². The second-order valence-electron chi connectivity index (χ2n) is 10.9. The highest BCUT2D eigenvalue weighted by Crippen LogP contribution is 2.53. The molecule has 3 aliphatic rings. The van der Waals surface area contributed by atoms with Crippen LogP contribution in [0.3, 0.4) is 0 Å². The van der Waals surface area contributed by atoms with Crippen molar-refractivity contribution in [1.82, 2.24) is 18.8 Å². The smallest absolute Gasteiger partial charge is 0.235 e. The number of rotatable bonds is 7. The number of amides is 1. The lowest BCUT2D eigenvalue weighted by Gasteiger charge is -2.52. The van der Waals surface area contributed by atoms with Gasteiger partial charge in [0.05, 0.1) is 19.3 Å². The zero-order valence-electron chi connectivity index (χ0n) is 22.7. The van der Waals surface area contributed by atoms with E-state index in [-0.39, 0.29) is 23.3 Å². The maximum atomic E-state index is 13.2. The fraction of sp³-hybridized carbons (Fsp3) is 0.500. The zero-order chi connectivity index (χ0) is 28.5. The van der Waals surface area contributed by atoms with Crippen molar-refractivity contribution in [2.45, 2.75) is 44.6 Å². The molecule has 1 spiro atoms. The molecule has 5 rings (SSSR count). The first-order chi connectivity index (χ1) is 19.2. The highest BCUT2D eigenvalue weighted by atomic mass is 32.2. The summed E-state index contributed by atoms with van der Waals surface area (Å²) in [4.78, 5) is 19.9. The van der Waals surface area contributed by atoms with E-state index < -0.39 is 10.0 Å². The molecule has 0 aromatic carbocycles. The summed E-state index contributed by atoms with van der Waals surface area (Å²) >= 11 is 0. The Bertz CT molecular complexity index is 1500. The third kappa shape index (κ3) is 5.23. The summed E-state index contributed by atoms with van der Waals surface area (Å²) in [6.45, 7) is 5.75. The van der Waals surface area contributed by atoms with E-state index in [2.05, 4.69) is 17.7 Å². The van der Waals surface area contributed by atoms with Gasteiger partial charge in [-0.1, -0.05) is 6.58 Å². The van der Waals surface area contributed by atoms with Crippen molar-refractivity contribution >= 4 is 33.2 Å². The van der Waals surface area contributed by atoms with Crippen molar-refractivity contribution in [2.24, 2.45) is 22.1 Å². The Morgan fingerprint density at radius 3 is 2.58 bits per heavy atom. The SMILES string of the molecule is C=CS(=O)(=O)N1CCC2(CC1)CC(C(=O)N1CCC(N=C/C(=C\N)c3cc(OC)c4c(C#N)cnn4c3)CC1)C2. The molecule has 12 heteroatoms. The summed E-state index contributed by atoms with van der Waals surface area (Å²) in [5, 5.41) is 14.6. The van der Waals surface area contributed by atoms with Crippen molar-refractivity contribution in [1.29, 1.82) is 5.26 Å². The summed E-state index contributed by atoms with van der Waals surface area (Å²) in [5.41, 5.74) is 8.53. The van der Waals surface area contributed by atoms with Crippen LogP contribution in [0, 0.1) is 22.7 Å². The quantitative estimate of drug-likeness (QED) is 0.508. The molecule has 40 heavy (non-hydrogen) atoms. The molecular formula is C28H35N7O4S. The van der Waals surface area contributed by atoms with Gasteiger partial charge in [-0.2, -0.15) is 14.7 Å². The van der Waals surface area contributed by atoms with Gasteiger partial charge in [-0.25, -0.2) is 12.9 Å². The van der Waals surface area contributed by atoms with Gasteiger partial charge in [-0.15, -0.1) is 0 Å². The lowest BCUT2D eigenvalue weighted by molar-refractivity contribution is -0.146. The highest BCUT2D eigenvalue weighted by molar-refractivity contribution is 7.92. The highest BCUT2D eigenvalue weighted by Gasteiger charge is 2.50. The molecule has 1 amide bonds. The molecular weight excluding hydrogens is 530 g/mol. The summed E-state index contributed by atoms with van der Waals surface area (Å²) in [6.07, 6.45) is 11.4. The number of piperidine rings is 2. The number of hydrogen-bond donors (Lipinski definition) is 1. The molecule has 0 atom stereocenters. The van der Waals surface area contributed by atoms with Crippen LogP contribution in [0.4, 0.5) is 0 Å². The Balaban J connectivity index is 1.13. The molecule has 212 valence electrons. The second kappa shape index (κ2) is 11.1. The number of fused-ring (bicyclic) bond motifs is 1. The molecule has 4 heterocycles. The van der Waals surface area contributed by atoms with Gasteiger partial charge in [-0.3, -0.25) is 9.79 Å². The van der Waals surface area contributed by atoms with Gasteiger partial charge < -0.3 is 15.4 Å². The number of methoxy groups -OCH3 is 1. The number of hydrogen-bond acceptors (Lipinski definition) is 8. The van der Waals surface area contributed by atoms with Gasteiger partial charge >= 0.3 is 0 Å². The minimum absolute atomic E-state index is 0.0307. The molecule has 2 saturated heterocycles. The fourth-order valence-electron chi connectivity index (χ4n) is 6.26. The number of pyridine rings is 1. The van der Waals surface area contributed by atoms with E-state index in [4.69, 9.17) is 15.5 Å². The Morgan fingerprint density at radius 1 is 1.27 bits per heavy atom.